The van der Waals surface area contributed by atoms with Crippen LogP contribution in [0.3, 0.4) is 0 Å². The second-order valence-corrected chi connectivity index (χ2v) is 6.32. The molecular formula is C16H21N3S. The molecule has 0 spiro atoms. The Balaban J connectivity index is 1.39. The minimum atomic E-state index is 0.890. The summed E-state index contributed by atoms with van der Waals surface area (Å²) >= 11 is 1.72. The van der Waals surface area contributed by atoms with E-state index in [2.05, 4.69) is 51.8 Å². The number of rotatable bonds is 6. The molecular weight excluding hydrogens is 266 g/mol. The lowest BCUT2D eigenvalue weighted by atomic mass is 10.2. The first-order valence-electron chi connectivity index (χ1n) is 7.27. The van der Waals surface area contributed by atoms with Gasteiger partial charge in [0.1, 0.15) is 0 Å². The Morgan fingerprint density at radius 2 is 2.25 bits per heavy atom. The molecule has 1 aromatic heterocycles. The Labute approximate surface area is 124 Å². The maximum absolute atomic E-state index is 4.46. The molecule has 3 rings (SSSR count). The highest BCUT2D eigenvalue weighted by atomic mass is 32.1. The number of nitrogens with one attached hydrogen (secondary N) is 1. The summed E-state index contributed by atoms with van der Waals surface area (Å²) in [5.74, 6) is 0. The van der Waals surface area contributed by atoms with Gasteiger partial charge in [0.2, 0.25) is 0 Å². The van der Waals surface area contributed by atoms with Crippen LogP contribution in [0.4, 0.5) is 5.69 Å². The number of nitrogens with zero attached hydrogens (tertiary/aromatic N) is 2. The van der Waals surface area contributed by atoms with Crippen LogP contribution in [0.2, 0.25) is 0 Å². The molecule has 20 heavy (non-hydrogen) atoms. The number of aromatic nitrogens is 1. The standard InChI is InChI=1S/C16H21N3S/c1-13-18-15(12-20-13)11-17-8-4-9-19-10-7-14-5-2-3-6-16(14)19/h2-3,5-6,12,17H,4,7-11H2,1H3. The van der Waals surface area contributed by atoms with Crippen LogP contribution in [0.5, 0.6) is 0 Å². The van der Waals surface area contributed by atoms with Crippen molar-refractivity contribution in [1.29, 1.82) is 0 Å². The molecule has 0 unspecified atom stereocenters. The lowest BCUT2D eigenvalue weighted by Gasteiger charge is -2.19. The second kappa shape index (κ2) is 6.37. The molecule has 0 atom stereocenters. The zero-order valence-electron chi connectivity index (χ0n) is 11.9. The van der Waals surface area contributed by atoms with E-state index in [-0.39, 0.29) is 0 Å². The Hall–Kier alpha value is -1.39. The fourth-order valence-electron chi connectivity index (χ4n) is 2.74. The molecule has 0 saturated heterocycles. The van der Waals surface area contributed by atoms with Gasteiger partial charge >= 0.3 is 0 Å². The first-order chi connectivity index (χ1) is 9.83. The van der Waals surface area contributed by atoms with Gasteiger partial charge in [0, 0.05) is 30.7 Å². The van der Waals surface area contributed by atoms with Crippen LogP contribution in [-0.2, 0) is 13.0 Å². The van der Waals surface area contributed by atoms with Gasteiger partial charge in [0.05, 0.1) is 10.7 Å². The van der Waals surface area contributed by atoms with Gasteiger partial charge in [-0.25, -0.2) is 4.98 Å². The van der Waals surface area contributed by atoms with Crippen molar-refractivity contribution >= 4 is 17.0 Å². The fourth-order valence-corrected chi connectivity index (χ4v) is 3.35. The van der Waals surface area contributed by atoms with Gasteiger partial charge in [0.25, 0.3) is 0 Å². The molecule has 1 aromatic carbocycles. The van der Waals surface area contributed by atoms with Crippen molar-refractivity contribution in [3.63, 3.8) is 0 Å². The lowest BCUT2D eigenvalue weighted by molar-refractivity contribution is 0.632. The summed E-state index contributed by atoms with van der Waals surface area (Å²) in [6.45, 7) is 6.31. The zero-order valence-corrected chi connectivity index (χ0v) is 12.7. The third-order valence-corrected chi connectivity index (χ3v) is 4.56. The quantitative estimate of drug-likeness (QED) is 0.828. The van der Waals surface area contributed by atoms with E-state index in [1.807, 2.05) is 0 Å². The molecule has 0 radical (unpaired) electrons. The molecule has 0 bridgehead atoms. The predicted molar refractivity (Wildman–Crippen MR) is 85.5 cm³/mol. The van der Waals surface area contributed by atoms with Gasteiger partial charge in [-0.05, 0) is 37.9 Å². The number of thiazole rings is 1. The number of hydrogen-bond acceptors (Lipinski definition) is 4. The maximum atomic E-state index is 4.46. The van der Waals surface area contributed by atoms with E-state index in [0.717, 1.165) is 24.6 Å². The van der Waals surface area contributed by atoms with Gasteiger partial charge in [-0.2, -0.15) is 0 Å². The Morgan fingerprint density at radius 1 is 1.35 bits per heavy atom. The van der Waals surface area contributed by atoms with E-state index in [4.69, 9.17) is 0 Å². The predicted octanol–water partition coefficient (Wildman–Crippen LogP) is 2.99. The second-order valence-electron chi connectivity index (χ2n) is 5.25. The Morgan fingerprint density at radius 3 is 3.10 bits per heavy atom. The first kappa shape index (κ1) is 13.6. The van der Waals surface area contributed by atoms with Crippen LogP contribution >= 0.6 is 11.3 Å². The Kier molecular flexibility index (Phi) is 4.33. The van der Waals surface area contributed by atoms with Crippen LogP contribution in [0, 0.1) is 6.92 Å². The number of benzene rings is 1. The molecule has 4 heteroatoms. The van der Waals surface area contributed by atoms with E-state index in [9.17, 15) is 0 Å². The van der Waals surface area contributed by atoms with E-state index >= 15 is 0 Å². The molecule has 0 amide bonds. The van der Waals surface area contributed by atoms with Crippen LogP contribution in [0.25, 0.3) is 0 Å². The molecule has 0 fully saturated rings. The number of fused-ring (bicyclic) bond motifs is 1. The largest absolute Gasteiger partial charge is 0.371 e. The SMILES string of the molecule is Cc1nc(CNCCCN2CCc3ccccc32)cs1. The summed E-state index contributed by atoms with van der Waals surface area (Å²) in [4.78, 5) is 6.97. The smallest absolute Gasteiger partial charge is 0.0897 e. The highest BCUT2D eigenvalue weighted by molar-refractivity contribution is 7.09. The topological polar surface area (TPSA) is 28.2 Å². The van der Waals surface area contributed by atoms with E-state index in [1.165, 1.54) is 36.3 Å². The summed E-state index contributed by atoms with van der Waals surface area (Å²) in [5, 5.41) is 6.77. The van der Waals surface area contributed by atoms with E-state index in [0.29, 0.717) is 0 Å². The monoisotopic (exact) mass is 287 g/mol. The molecule has 0 saturated carbocycles. The molecule has 3 nitrogen and oxygen atoms in total. The average molecular weight is 287 g/mol. The van der Waals surface area contributed by atoms with Crippen LogP contribution < -0.4 is 10.2 Å². The summed E-state index contributed by atoms with van der Waals surface area (Å²) in [6.07, 6.45) is 2.37. The van der Waals surface area contributed by atoms with E-state index < -0.39 is 0 Å². The van der Waals surface area contributed by atoms with Gasteiger partial charge in [-0.15, -0.1) is 11.3 Å². The van der Waals surface area contributed by atoms with Gasteiger partial charge in [-0.3, -0.25) is 0 Å². The van der Waals surface area contributed by atoms with Crippen molar-refractivity contribution in [2.45, 2.75) is 26.3 Å². The number of aryl methyl sites for hydroxylation is 1. The third kappa shape index (κ3) is 3.19. The normalized spacial score (nSPS) is 13.8. The third-order valence-electron chi connectivity index (χ3n) is 3.74. The van der Waals surface area contributed by atoms with Gasteiger partial charge in [0.15, 0.2) is 0 Å². The minimum Gasteiger partial charge on any atom is -0.371 e. The molecule has 0 aliphatic carbocycles. The zero-order chi connectivity index (χ0) is 13.8. The van der Waals surface area contributed by atoms with Crippen molar-refractivity contribution in [3.05, 3.63) is 45.9 Å². The summed E-state index contributed by atoms with van der Waals surface area (Å²) in [7, 11) is 0. The lowest BCUT2D eigenvalue weighted by Crippen LogP contribution is -2.25. The molecule has 106 valence electrons. The summed E-state index contributed by atoms with van der Waals surface area (Å²) in [5.41, 5.74) is 4.10. The summed E-state index contributed by atoms with van der Waals surface area (Å²) in [6, 6.07) is 8.77. The highest BCUT2D eigenvalue weighted by Gasteiger charge is 2.17. The van der Waals surface area contributed by atoms with Crippen molar-refractivity contribution in [1.82, 2.24) is 10.3 Å². The molecule has 2 aromatic rings. The molecule has 1 aliphatic heterocycles. The van der Waals surface area contributed by atoms with Crippen molar-refractivity contribution < 1.29 is 0 Å². The van der Waals surface area contributed by atoms with Gasteiger partial charge in [-0.1, -0.05) is 18.2 Å². The first-order valence-corrected chi connectivity index (χ1v) is 8.15. The fraction of sp³-hybridized carbons (Fsp3) is 0.438. The highest BCUT2D eigenvalue weighted by Crippen LogP contribution is 2.27. The van der Waals surface area contributed by atoms with Crippen LogP contribution in [-0.4, -0.2) is 24.6 Å². The van der Waals surface area contributed by atoms with Crippen molar-refractivity contribution in [2.24, 2.45) is 0 Å². The molecule has 1 aliphatic rings. The van der Waals surface area contributed by atoms with Crippen molar-refractivity contribution in [3.8, 4) is 0 Å². The van der Waals surface area contributed by atoms with Crippen molar-refractivity contribution in [2.75, 3.05) is 24.5 Å². The van der Waals surface area contributed by atoms with Crippen LogP contribution in [0.1, 0.15) is 22.7 Å². The molecule has 2 heterocycles. The number of para-hydroxylation sites is 1. The number of hydrogen-bond donors (Lipinski definition) is 1. The summed E-state index contributed by atoms with van der Waals surface area (Å²) < 4.78 is 0. The van der Waals surface area contributed by atoms with E-state index in [1.54, 1.807) is 11.3 Å². The van der Waals surface area contributed by atoms with Crippen LogP contribution in [0.15, 0.2) is 29.6 Å². The van der Waals surface area contributed by atoms with Gasteiger partial charge < -0.3 is 10.2 Å². The average Bonchev–Trinajstić information content (AvgIpc) is 3.05. The number of anilines is 1. The molecule has 1 N–H and O–H groups in total. The maximum Gasteiger partial charge on any atom is 0.0897 e. The minimum absolute atomic E-state index is 0.890. The Bertz CT molecular complexity index is 564.